The molecule has 0 saturated carbocycles. The van der Waals surface area contributed by atoms with Gasteiger partial charge in [-0.15, -0.1) is 0 Å². The zero-order chi connectivity index (χ0) is 18.9. The fourth-order valence-corrected chi connectivity index (χ4v) is 2.36. The molecule has 2 N–H and O–H groups in total. The predicted octanol–water partition coefficient (Wildman–Crippen LogP) is 2.52. The third-order valence-corrected chi connectivity index (χ3v) is 3.88. The summed E-state index contributed by atoms with van der Waals surface area (Å²) in [6.07, 6.45) is 0.459. The molecule has 0 aromatic heterocycles. The van der Waals surface area contributed by atoms with Gasteiger partial charge in [0.25, 0.3) is 5.91 Å². The van der Waals surface area contributed by atoms with E-state index in [4.69, 9.17) is 4.74 Å². The fourth-order valence-electron chi connectivity index (χ4n) is 2.36. The van der Waals surface area contributed by atoms with Crippen LogP contribution in [0.4, 0.5) is 5.69 Å². The quantitative estimate of drug-likeness (QED) is 0.714. The van der Waals surface area contributed by atoms with Crippen molar-refractivity contribution in [3.63, 3.8) is 0 Å². The summed E-state index contributed by atoms with van der Waals surface area (Å²) in [4.78, 5) is 25.4. The molecule has 0 fully saturated rings. The number of carbonyl (C=O) groups is 2. The number of rotatable bonds is 8. The Balaban J connectivity index is 1.87. The molecule has 6 heteroatoms. The lowest BCUT2D eigenvalue weighted by Crippen LogP contribution is -2.26. The van der Waals surface area contributed by atoms with Crippen molar-refractivity contribution in [1.29, 1.82) is 0 Å². The second-order valence-electron chi connectivity index (χ2n) is 6.10. The van der Waals surface area contributed by atoms with Crippen LogP contribution in [0, 0.1) is 0 Å². The second kappa shape index (κ2) is 9.58. The molecule has 26 heavy (non-hydrogen) atoms. The molecular formula is C20H25N3O3. The van der Waals surface area contributed by atoms with Gasteiger partial charge in [-0.05, 0) is 42.0 Å². The summed E-state index contributed by atoms with van der Waals surface area (Å²) in [7, 11) is 5.08. The summed E-state index contributed by atoms with van der Waals surface area (Å²) in [5.74, 6) is 0.634. The number of methoxy groups -OCH3 is 1. The van der Waals surface area contributed by atoms with Crippen molar-refractivity contribution in [3.05, 3.63) is 59.7 Å². The van der Waals surface area contributed by atoms with Crippen LogP contribution in [0.2, 0.25) is 0 Å². The van der Waals surface area contributed by atoms with Gasteiger partial charge in [0.1, 0.15) is 5.75 Å². The summed E-state index contributed by atoms with van der Waals surface area (Å²) in [5, 5.41) is 6.13. The first-order chi connectivity index (χ1) is 12.5. The van der Waals surface area contributed by atoms with Gasteiger partial charge in [0.2, 0.25) is 5.91 Å². The largest absolute Gasteiger partial charge is 0.497 e. The predicted molar refractivity (Wildman–Crippen MR) is 102 cm³/mol. The first-order valence-corrected chi connectivity index (χ1v) is 8.45. The highest BCUT2D eigenvalue weighted by atomic mass is 16.5. The van der Waals surface area contributed by atoms with E-state index in [0.29, 0.717) is 30.8 Å². The molecule has 0 aliphatic rings. The highest BCUT2D eigenvalue weighted by Gasteiger charge is 2.07. The van der Waals surface area contributed by atoms with E-state index < -0.39 is 0 Å². The van der Waals surface area contributed by atoms with E-state index in [1.54, 1.807) is 50.4 Å². The topological polar surface area (TPSA) is 70.7 Å². The summed E-state index contributed by atoms with van der Waals surface area (Å²) < 4.78 is 5.10. The van der Waals surface area contributed by atoms with Gasteiger partial charge in [-0.1, -0.05) is 12.1 Å². The molecular weight excluding hydrogens is 330 g/mol. The number of benzene rings is 2. The SMILES string of the molecule is COc1ccc(C(=O)Nc2cccc(CNCCC(=O)N(C)C)c2)cc1. The zero-order valence-corrected chi connectivity index (χ0v) is 15.4. The molecule has 2 rings (SSSR count). The number of ether oxygens (including phenoxy) is 1. The van der Waals surface area contributed by atoms with E-state index in [-0.39, 0.29) is 11.8 Å². The molecule has 6 nitrogen and oxygen atoms in total. The fraction of sp³-hybridized carbons (Fsp3) is 0.300. The highest BCUT2D eigenvalue weighted by molar-refractivity contribution is 6.04. The summed E-state index contributed by atoms with van der Waals surface area (Å²) in [6, 6.07) is 14.6. The van der Waals surface area contributed by atoms with Crippen LogP contribution in [0.1, 0.15) is 22.3 Å². The van der Waals surface area contributed by atoms with Crippen LogP contribution in [0.15, 0.2) is 48.5 Å². The normalized spacial score (nSPS) is 10.3. The maximum Gasteiger partial charge on any atom is 0.255 e. The van der Waals surface area contributed by atoms with Gasteiger partial charge in [0.05, 0.1) is 7.11 Å². The van der Waals surface area contributed by atoms with Crippen molar-refractivity contribution in [1.82, 2.24) is 10.2 Å². The molecule has 138 valence electrons. The van der Waals surface area contributed by atoms with Crippen molar-refractivity contribution in [3.8, 4) is 5.75 Å². The van der Waals surface area contributed by atoms with Crippen LogP contribution in [-0.2, 0) is 11.3 Å². The van der Waals surface area contributed by atoms with Crippen molar-refractivity contribution >= 4 is 17.5 Å². The lowest BCUT2D eigenvalue weighted by atomic mass is 10.1. The first-order valence-electron chi connectivity index (χ1n) is 8.45. The van der Waals surface area contributed by atoms with Crippen LogP contribution >= 0.6 is 0 Å². The maximum absolute atomic E-state index is 12.3. The third kappa shape index (κ3) is 5.89. The zero-order valence-electron chi connectivity index (χ0n) is 15.4. The van der Waals surface area contributed by atoms with Gasteiger partial charge >= 0.3 is 0 Å². The minimum absolute atomic E-state index is 0.0954. The monoisotopic (exact) mass is 355 g/mol. The summed E-state index contributed by atoms with van der Waals surface area (Å²) >= 11 is 0. The minimum atomic E-state index is -0.172. The molecule has 0 unspecified atom stereocenters. The molecule has 0 saturated heterocycles. The molecule has 2 aromatic carbocycles. The third-order valence-electron chi connectivity index (χ3n) is 3.88. The van der Waals surface area contributed by atoms with Crippen molar-refractivity contribution in [2.24, 2.45) is 0 Å². The van der Waals surface area contributed by atoms with Gasteiger partial charge in [-0.3, -0.25) is 9.59 Å². The van der Waals surface area contributed by atoms with Crippen molar-refractivity contribution in [2.75, 3.05) is 33.1 Å². The number of nitrogens with one attached hydrogen (secondary N) is 2. The molecule has 2 aromatic rings. The molecule has 0 radical (unpaired) electrons. The molecule has 0 aliphatic carbocycles. The van der Waals surface area contributed by atoms with Gasteiger partial charge in [-0.2, -0.15) is 0 Å². The average Bonchev–Trinajstić information content (AvgIpc) is 2.65. The van der Waals surface area contributed by atoms with E-state index in [1.165, 1.54) is 0 Å². The van der Waals surface area contributed by atoms with Gasteiger partial charge < -0.3 is 20.3 Å². The Labute approximate surface area is 154 Å². The molecule has 0 atom stereocenters. The molecule has 0 heterocycles. The number of carbonyl (C=O) groups excluding carboxylic acids is 2. The molecule has 0 bridgehead atoms. The molecule has 0 aliphatic heterocycles. The van der Waals surface area contributed by atoms with E-state index in [0.717, 1.165) is 11.3 Å². The van der Waals surface area contributed by atoms with Crippen LogP contribution in [0.25, 0.3) is 0 Å². The maximum atomic E-state index is 12.3. The molecule has 0 spiro atoms. The van der Waals surface area contributed by atoms with Crippen LogP contribution in [-0.4, -0.2) is 44.5 Å². The Morgan fingerprint density at radius 1 is 1.08 bits per heavy atom. The number of nitrogens with zero attached hydrogens (tertiary/aromatic N) is 1. The first kappa shape index (κ1) is 19.5. The standard InChI is InChI=1S/C20H25N3O3/c1-23(2)19(24)11-12-21-14-15-5-4-6-17(13-15)22-20(25)16-7-9-18(26-3)10-8-16/h4-10,13,21H,11-12,14H2,1-3H3,(H,22,25). The number of hydrogen-bond acceptors (Lipinski definition) is 4. The highest BCUT2D eigenvalue weighted by Crippen LogP contribution is 2.15. The lowest BCUT2D eigenvalue weighted by molar-refractivity contribution is -0.128. The number of hydrogen-bond donors (Lipinski definition) is 2. The van der Waals surface area contributed by atoms with E-state index in [9.17, 15) is 9.59 Å². The Kier molecular flexibility index (Phi) is 7.17. The van der Waals surface area contributed by atoms with Crippen LogP contribution in [0.3, 0.4) is 0 Å². The van der Waals surface area contributed by atoms with Crippen LogP contribution < -0.4 is 15.4 Å². The number of anilines is 1. The van der Waals surface area contributed by atoms with Gasteiger partial charge in [0, 0.05) is 44.9 Å². The summed E-state index contributed by atoms with van der Waals surface area (Å²) in [5.41, 5.74) is 2.33. The average molecular weight is 355 g/mol. The lowest BCUT2D eigenvalue weighted by Gasteiger charge is -2.11. The van der Waals surface area contributed by atoms with E-state index in [1.807, 2.05) is 24.3 Å². The Morgan fingerprint density at radius 2 is 1.81 bits per heavy atom. The minimum Gasteiger partial charge on any atom is -0.497 e. The van der Waals surface area contributed by atoms with Crippen molar-refractivity contribution in [2.45, 2.75) is 13.0 Å². The van der Waals surface area contributed by atoms with E-state index in [2.05, 4.69) is 10.6 Å². The van der Waals surface area contributed by atoms with E-state index >= 15 is 0 Å². The second-order valence-corrected chi connectivity index (χ2v) is 6.10. The summed E-state index contributed by atoms with van der Waals surface area (Å²) in [6.45, 7) is 1.24. The van der Waals surface area contributed by atoms with Gasteiger partial charge in [-0.25, -0.2) is 0 Å². The van der Waals surface area contributed by atoms with Crippen LogP contribution in [0.5, 0.6) is 5.75 Å². The Morgan fingerprint density at radius 3 is 2.46 bits per heavy atom. The molecule has 2 amide bonds. The smallest absolute Gasteiger partial charge is 0.255 e. The Bertz CT molecular complexity index is 742. The number of amides is 2. The van der Waals surface area contributed by atoms with Gasteiger partial charge in [0.15, 0.2) is 0 Å². The van der Waals surface area contributed by atoms with Crippen molar-refractivity contribution < 1.29 is 14.3 Å². The Hall–Kier alpha value is -2.86.